The lowest BCUT2D eigenvalue weighted by molar-refractivity contribution is -0.140. The number of hydrogen-bond acceptors (Lipinski definition) is 5. The number of esters is 1. The molecule has 0 bridgehead atoms. The number of amides is 1. The molecule has 138 valence electrons. The van der Waals surface area contributed by atoms with E-state index in [1.807, 2.05) is 24.8 Å². The lowest BCUT2D eigenvalue weighted by Gasteiger charge is -2.18. The maximum Gasteiger partial charge on any atom is 0.305 e. The summed E-state index contributed by atoms with van der Waals surface area (Å²) in [6, 6.07) is 0. The number of carbonyl (C=O) groups excluding carboxylic acids is 2. The molecule has 0 N–H and O–H groups in total. The third kappa shape index (κ3) is 7.93. The van der Waals surface area contributed by atoms with Crippen molar-refractivity contribution in [2.45, 2.75) is 65.1 Å². The SMILES string of the molecule is CCOC(C)OC/C=C1\CCC(=O)N1CCCCCCC(=O)OC. The molecule has 1 rings (SSSR count). The molecule has 0 aromatic rings. The Balaban J connectivity index is 2.25. The number of rotatable bonds is 12. The second-order valence-corrected chi connectivity index (χ2v) is 5.84. The molecule has 1 amide bonds. The Morgan fingerprint density at radius 3 is 2.67 bits per heavy atom. The van der Waals surface area contributed by atoms with E-state index in [9.17, 15) is 9.59 Å². The smallest absolute Gasteiger partial charge is 0.305 e. The van der Waals surface area contributed by atoms with E-state index in [-0.39, 0.29) is 18.2 Å². The second kappa shape index (κ2) is 12.0. The van der Waals surface area contributed by atoms with Crippen molar-refractivity contribution < 1.29 is 23.8 Å². The minimum absolute atomic E-state index is 0.156. The zero-order valence-electron chi connectivity index (χ0n) is 15.2. The summed E-state index contributed by atoms with van der Waals surface area (Å²) in [7, 11) is 1.41. The third-order valence-corrected chi connectivity index (χ3v) is 4.03. The van der Waals surface area contributed by atoms with E-state index in [0.29, 0.717) is 26.1 Å². The summed E-state index contributed by atoms with van der Waals surface area (Å²) in [5, 5.41) is 0. The van der Waals surface area contributed by atoms with Crippen LogP contribution in [0.1, 0.15) is 58.8 Å². The third-order valence-electron chi connectivity index (χ3n) is 4.03. The van der Waals surface area contributed by atoms with Crippen molar-refractivity contribution in [3.63, 3.8) is 0 Å². The number of ether oxygens (including phenoxy) is 3. The molecule has 1 unspecified atom stereocenters. The fraction of sp³-hybridized carbons (Fsp3) is 0.778. The normalized spacial score (nSPS) is 17.5. The van der Waals surface area contributed by atoms with E-state index in [2.05, 4.69) is 4.74 Å². The van der Waals surface area contributed by atoms with E-state index in [1.165, 1.54) is 7.11 Å². The van der Waals surface area contributed by atoms with Gasteiger partial charge < -0.3 is 19.1 Å². The summed E-state index contributed by atoms with van der Waals surface area (Å²) in [4.78, 5) is 24.9. The molecule has 0 spiro atoms. The first-order chi connectivity index (χ1) is 11.6. The maximum atomic E-state index is 12.0. The van der Waals surface area contributed by atoms with Gasteiger partial charge in [0, 0.05) is 31.7 Å². The van der Waals surface area contributed by atoms with Gasteiger partial charge in [0.2, 0.25) is 5.91 Å². The van der Waals surface area contributed by atoms with Gasteiger partial charge in [0.1, 0.15) is 0 Å². The van der Waals surface area contributed by atoms with Crippen LogP contribution in [0.4, 0.5) is 0 Å². The minimum atomic E-state index is -0.229. The first-order valence-electron chi connectivity index (χ1n) is 8.87. The van der Waals surface area contributed by atoms with Crippen molar-refractivity contribution in [1.29, 1.82) is 0 Å². The fourth-order valence-corrected chi connectivity index (χ4v) is 2.70. The predicted octanol–water partition coefficient (Wildman–Crippen LogP) is 3.02. The average molecular weight is 341 g/mol. The van der Waals surface area contributed by atoms with E-state index >= 15 is 0 Å². The van der Waals surface area contributed by atoms with Crippen LogP contribution < -0.4 is 0 Å². The standard InChI is InChI=1S/C18H31NO5/c1-4-23-15(2)24-14-12-16-10-11-17(20)19(16)13-8-6-5-7-9-18(21)22-3/h12,15H,4-11,13-14H2,1-3H3/b16-12+. The zero-order valence-corrected chi connectivity index (χ0v) is 15.2. The molecule has 0 saturated carbocycles. The van der Waals surface area contributed by atoms with Gasteiger partial charge in [0.25, 0.3) is 0 Å². The Kier molecular flexibility index (Phi) is 10.4. The monoisotopic (exact) mass is 341 g/mol. The molecule has 6 heteroatoms. The van der Waals surface area contributed by atoms with Crippen molar-refractivity contribution in [2.75, 3.05) is 26.9 Å². The van der Waals surface area contributed by atoms with Crippen LogP contribution in [0.3, 0.4) is 0 Å². The Labute approximate surface area is 145 Å². The van der Waals surface area contributed by atoms with Crippen LogP contribution >= 0.6 is 0 Å². The number of allylic oxidation sites excluding steroid dienone is 1. The molecule has 1 aliphatic rings. The van der Waals surface area contributed by atoms with Crippen molar-refractivity contribution >= 4 is 11.9 Å². The Hall–Kier alpha value is -1.40. The molecule has 1 aliphatic heterocycles. The number of unbranched alkanes of at least 4 members (excludes halogenated alkanes) is 3. The zero-order chi connectivity index (χ0) is 17.8. The van der Waals surface area contributed by atoms with Gasteiger partial charge in [-0.3, -0.25) is 9.59 Å². The highest BCUT2D eigenvalue weighted by atomic mass is 16.7. The lowest BCUT2D eigenvalue weighted by Crippen LogP contribution is -2.25. The Morgan fingerprint density at radius 2 is 1.96 bits per heavy atom. The number of methoxy groups -OCH3 is 1. The summed E-state index contributed by atoms with van der Waals surface area (Å²) in [5.41, 5.74) is 1.05. The van der Waals surface area contributed by atoms with Crippen LogP contribution in [0.2, 0.25) is 0 Å². The van der Waals surface area contributed by atoms with E-state index < -0.39 is 0 Å². The highest BCUT2D eigenvalue weighted by molar-refractivity contribution is 5.81. The van der Waals surface area contributed by atoms with Gasteiger partial charge >= 0.3 is 5.97 Å². The van der Waals surface area contributed by atoms with Crippen LogP contribution in [0.15, 0.2) is 11.8 Å². The maximum absolute atomic E-state index is 12.0. The van der Waals surface area contributed by atoms with E-state index in [1.54, 1.807) is 0 Å². The van der Waals surface area contributed by atoms with Crippen LogP contribution in [-0.2, 0) is 23.8 Å². The fourth-order valence-electron chi connectivity index (χ4n) is 2.70. The Bertz CT molecular complexity index is 422. The van der Waals surface area contributed by atoms with Gasteiger partial charge in [-0.2, -0.15) is 0 Å². The number of hydrogen-bond donors (Lipinski definition) is 0. The first kappa shape index (κ1) is 20.6. The molecule has 0 aromatic heterocycles. The number of carbonyl (C=O) groups is 2. The van der Waals surface area contributed by atoms with Crippen molar-refractivity contribution in [1.82, 2.24) is 4.90 Å². The Morgan fingerprint density at radius 1 is 1.21 bits per heavy atom. The number of likely N-dealkylation sites (tertiary alicyclic amines) is 1. The summed E-state index contributed by atoms with van der Waals surface area (Å²) in [6.45, 7) is 5.62. The van der Waals surface area contributed by atoms with Crippen molar-refractivity contribution in [3.8, 4) is 0 Å². The van der Waals surface area contributed by atoms with Crippen LogP contribution in [-0.4, -0.2) is 49.9 Å². The predicted molar refractivity (Wildman–Crippen MR) is 91.2 cm³/mol. The van der Waals surface area contributed by atoms with E-state index in [0.717, 1.165) is 44.3 Å². The minimum Gasteiger partial charge on any atom is -0.469 e. The van der Waals surface area contributed by atoms with Gasteiger partial charge in [0.05, 0.1) is 13.7 Å². The van der Waals surface area contributed by atoms with Gasteiger partial charge in [0.15, 0.2) is 6.29 Å². The van der Waals surface area contributed by atoms with Crippen LogP contribution in [0, 0.1) is 0 Å². The van der Waals surface area contributed by atoms with Crippen molar-refractivity contribution in [2.24, 2.45) is 0 Å². The topological polar surface area (TPSA) is 65.1 Å². The quantitative estimate of drug-likeness (QED) is 0.310. The summed E-state index contributed by atoms with van der Waals surface area (Å²) < 4.78 is 15.5. The molecule has 0 aliphatic carbocycles. The lowest BCUT2D eigenvalue weighted by atomic mass is 10.1. The average Bonchev–Trinajstić information content (AvgIpc) is 2.91. The van der Waals surface area contributed by atoms with Crippen LogP contribution in [0.25, 0.3) is 0 Å². The molecule has 6 nitrogen and oxygen atoms in total. The number of nitrogens with zero attached hydrogens (tertiary/aromatic N) is 1. The molecular formula is C18H31NO5. The molecule has 0 aromatic carbocycles. The highest BCUT2D eigenvalue weighted by Gasteiger charge is 2.24. The molecule has 1 saturated heterocycles. The summed E-state index contributed by atoms with van der Waals surface area (Å²) in [6.07, 6.45) is 7.36. The van der Waals surface area contributed by atoms with Gasteiger partial charge in [-0.05, 0) is 39.2 Å². The first-order valence-corrected chi connectivity index (χ1v) is 8.87. The molecule has 1 fully saturated rings. The summed E-state index contributed by atoms with van der Waals surface area (Å²) >= 11 is 0. The van der Waals surface area contributed by atoms with E-state index in [4.69, 9.17) is 9.47 Å². The van der Waals surface area contributed by atoms with Gasteiger partial charge in [-0.25, -0.2) is 0 Å². The van der Waals surface area contributed by atoms with Crippen LogP contribution in [0.5, 0.6) is 0 Å². The largest absolute Gasteiger partial charge is 0.469 e. The molecule has 24 heavy (non-hydrogen) atoms. The second-order valence-electron chi connectivity index (χ2n) is 5.84. The molecule has 1 heterocycles. The van der Waals surface area contributed by atoms with Gasteiger partial charge in [-0.1, -0.05) is 12.8 Å². The molecule has 1 atom stereocenters. The van der Waals surface area contributed by atoms with Gasteiger partial charge in [-0.15, -0.1) is 0 Å². The summed E-state index contributed by atoms with van der Waals surface area (Å²) in [5.74, 6) is 0.0323. The highest BCUT2D eigenvalue weighted by Crippen LogP contribution is 2.23. The van der Waals surface area contributed by atoms with Crippen molar-refractivity contribution in [3.05, 3.63) is 11.8 Å². The molecule has 0 radical (unpaired) electrons. The molecular weight excluding hydrogens is 310 g/mol.